The van der Waals surface area contributed by atoms with Crippen molar-refractivity contribution in [1.82, 2.24) is 10.2 Å². The highest BCUT2D eigenvalue weighted by Gasteiger charge is 2.23. The van der Waals surface area contributed by atoms with Gasteiger partial charge >= 0.3 is 0 Å². The van der Waals surface area contributed by atoms with Crippen LogP contribution in [-0.2, 0) is 4.79 Å². The molecule has 0 saturated carbocycles. The summed E-state index contributed by atoms with van der Waals surface area (Å²) in [6.07, 6.45) is 0. The minimum absolute atomic E-state index is 0.0217. The van der Waals surface area contributed by atoms with Gasteiger partial charge in [0, 0.05) is 30.9 Å². The van der Waals surface area contributed by atoms with Crippen molar-refractivity contribution < 1.29 is 9.59 Å². The van der Waals surface area contributed by atoms with Gasteiger partial charge < -0.3 is 15.5 Å². The second-order valence-electron chi connectivity index (χ2n) is 4.89. The number of hydrogen-bond acceptors (Lipinski definition) is 4. The monoisotopic (exact) mass is 261 g/mol. The molecule has 19 heavy (non-hydrogen) atoms. The highest BCUT2D eigenvalue weighted by molar-refractivity contribution is 5.97. The Morgan fingerprint density at radius 3 is 2.58 bits per heavy atom. The van der Waals surface area contributed by atoms with Crippen molar-refractivity contribution in [1.29, 1.82) is 0 Å². The van der Waals surface area contributed by atoms with Gasteiger partial charge in [-0.25, -0.2) is 0 Å². The van der Waals surface area contributed by atoms with Crippen LogP contribution in [0.15, 0.2) is 24.3 Å². The zero-order valence-electron chi connectivity index (χ0n) is 11.3. The number of piperazine rings is 1. The quantitative estimate of drug-likeness (QED) is 0.788. The number of rotatable bonds is 3. The van der Waals surface area contributed by atoms with Crippen LogP contribution in [0.5, 0.6) is 0 Å². The molecule has 1 amide bonds. The summed E-state index contributed by atoms with van der Waals surface area (Å²) in [5.41, 5.74) is 1.36. The Kier molecular flexibility index (Phi) is 4.29. The summed E-state index contributed by atoms with van der Waals surface area (Å²) in [4.78, 5) is 25.3. The van der Waals surface area contributed by atoms with E-state index in [4.69, 9.17) is 0 Å². The third-order valence-corrected chi connectivity index (χ3v) is 3.25. The smallest absolute Gasteiger partial charge is 0.242 e. The lowest BCUT2D eigenvalue weighted by Crippen LogP contribution is -2.54. The lowest BCUT2D eigenvalue weighted by Gasteiger charge is -2.29. The molecule has 2 rings (SSSR count). The number of Topliss-reactive ketones (excluding diaryl/α,β-unsaturated/α-hetero) is 1. The molecular formula is C14H19N3O2. The molecule has 0 spiro atoms. The maximum atomic E-state index is 12.1. The predicted molar refractivity (Wildman–Crippen MR) is 74.4 cm³/mol. The maximum Gasteiger partial charge on any atom is 0.242 e. The largest absolute Gasteiger partial charge is 0.325 e. The van der Waals surface area contributed by atoms with Gasteiger partial charge in [-0.05, 0) is 38.2 Å². The van der Waals surface area contributed by atoms with E-state index in [2.05, 4.69) is 15.5 Å². The van der Waals surface area contributed by atoms with Crippen LogP contribution in [0, 0.1) is 0 Å². The molecule has 1 heterocycles. The zero-order chi connectivity index (χ0) is 13.8. The van der Waals surface area contributed by atoms with Gasteiger partial charge in [-0.2, -0.15) is 0 Å². The third kappa shape index (κ3) is 3.62. The predicted octanol–water partition coefficient (Wildman–Crippen LogP) is 0.731. The Labute approximate surface area is 113 Å². The van der Waals surface area contributed by atoms with Crippen LogP contribution in [0.4, 0.5) is 5.69 Å². The topological polar surface area (TPSA) is 61.4 Å². The number of carbonyl (C=O) groups excluding carboxylic acids is 2. The molecule has 5 nitrogen and oxygen atoms in total. The Hall–Kier alpha value is -1.72. The van der Waals surface area contributed by atoms with Crippen LogP contribution in [0.3, 0.4) is 0 Å². The fourth-order valence-corrected chi connectivity index (χ4v) is 2.09. The molecule has 0 aliphatic carbocycles. The van der Waals surface area contributed by atoms with Crippen LogP contribution >= 0.6 is 0 Å². The summed E-state index contributed by atoms with van der Waals surface area (Å²) in [7, 11) is 2.00. The molecule has 5 heteroatoms. The average molecular weight is 261 g/mol. The average Bonchev–Trinajstić information content (AvgIpc) is 2.39. The molecule has 1 unspecified atom stereocenters. The summed E-state index contributed by atoms with van der Waals surface area (Å²) in [6, 6.07) is 6.75. The summed E-state index contributed by atoms with van der Waals surface area (Å²) in [5, 5.41) is 6.05. The van der Waals surface area contributed by atoms with E-state index in [1.165, 1.54) is 6.92 Å². The minimum Gasteiger partial charge on any atom is -0.325 e. The number of nitrogens with zero attached hydrogens (tertiary/aromatic N) is 1. The molecule has 1 aliphatic heterocycles. The normalized spacial score (nSPS) is 20.0. The first-order valence-electron chi connectivity index (χ1n) is 6.40. The molecule has 1 fully saturated rings. The van der Waals surface area contributed by atoms with Gasteiger partial charge in [-0.3, -0.25) is 9.59 Å². The summed E-state index contributed by atoms with van der Waals surface area (Å²) < 4.78 is 0. The van der Waals surface area contributed by atoms with E-state index in [0.717, 1.165) is 13.1 Å². The fourth-order valence-electron chi connectivity index (χ4n) is 2.09. The van der Waals surface area contributed by atoms with Crippen LogP contribution in [0.2, 0.25) is 0 Å². The summed E-state index contributed by atoms with van der Waals surface area (Å²) in [6.45, 7) is 4.00. The Morgan fingerprint density at radius 2 is 2.00 bits per heavy atom. The maximum absolute atomic E-state index is 12.1. The zero-order valence-corrected chi connectivity index (χ0v) is 11.3. The van der Waals surface area contributed by atoms with Crippen molar-refractivity contribution in [3.8, 4) is 0 Å². The number of ketones is 1. The van der Waals surface area contributed by atoms with Crippen LogP contribution in [0.1, 0.15) is 17.3 Å². The lowest BCUT2D eigenvalue weighted by molar-refractivity contribution is -0.119. The molecule has 0 aromatic heterocycles. The number of anilines is 1. The number of hydrogen-bond donors (Lipinski definition) is 2. The van der Waals surface area contributed by atoms with Crippen molar-refractivity contribution in [3.05, 3.63) is 29.8 Å². The molecular weight excluding hydrogens is 242 g/mol. The van der Waals surface area contributed by atoms with Crippen LogP contribution < -0.4 is 10.6 Å². The Morgan fingerprint density at radius 1 is 1.32 bits per heavy atom. The summed E-state index contributed by atoms with van der Waals surface area (Å²) in [5.74, 6) is -0.0180. The third-order valence-electron chi connectivity index (χ3n) is 3.25. The number of nitrogens with one attached hydrogen (secondary N) is 2. The van der Waals surface area contributed by atoms with E-state index in [1.54, 1.807) is 24.3 Å². The molecule has 2 N–H and O–H groups in total. The van der Waals surface area contributed by atoms with E-state index in [9.17, 15) is 9.59 Å². The molecule has 1 saturated heterocycles. The van der Waals surface area contributed by atoms with E-state index in [1.807, 2.05) is 7.05 Å². The highest BCUT2D eigenvalue weighted by atomic mass is 16.2. The van der Waals surface area contributed by atoms with Crippen molar-refractivity contribution in [2.24, 2.45) is 0 Å². The first-order valence-corrected chi connectivity index (χ1v) is 6.40. The molecule has 1 atom stereocenters. The second-order valence-corrected chi connectivity index (χ2v) is 4.89. The van der Waals surface area contributed by atoms with Crippen molar-refractivity contribution in [3.63, 3.8) is 0 Å². The first kappa shape index (κ1) is 13.7. The number of benzene rings is 1. The van der Waals surface area contributed by atoms with Crippen molar-refractivity contribution in [2.75, 3.05) is 32.0 Å². The lowest BCUT2D eigenvalue weighted by atomic mass is 10.1. The van der Waals surface area contributed by atoms with Crippen molar-refractivity contribution >= 4 is 17.4 Å². The van der Waals surface area contributed by atoms with Gasteiger partial charge in [-0.1, -0.05) is 0 Å². The van der Waals surface area contributed by atoms with Gasteiger partial charge in [0.05, 0.1) is 6.04 Å². The van der Waals surface area contributed by atoms with Crippen molar-refractivity contribution in [2.45, 2.75) is 13.0 Å². The van der Waals surface area contributed by atoms with Gasteiger partial charge in [-0.15, -0.1) is 0 Å². The first-order chi connectivity index (χ1) is 9.06. The minimum atomic E-state index is -0.189. The second kappa shape index (κ2) is 5.95. The fraction of sp³-hybridized carbons (Fsp3) is 0.429. The molecule has 1 aromatic carbocycles. The highest BCUT2D eigenvalue weighted by Crippen LogP contribution is 2.11. The number of likely N-dealkylation sites (N-methyl/N-ethyl adjacent to an activating group) is 1. The molecule has 1 aromatic rings. The molecule has 0 radical (unpaired) electrons. The molecule has 0 bridgehead atoms. The Balaban J connectivity index is 1.96. The van der Waals surface area contributed by atoms with Gasteiger partial charge in [0.2, 0.25) is 5.91 Å². The number of carbonyl (C=O) groups is 2. The van der Waals surface area contributed by atoms with E-state index in [-0.39, 0.29) is 17.7 Å². The van der Waals surface area contributed by atoms with Crippen LogP contribution in [-0.4, -0.2) is 49.3 Å². The van der Waals surface area contributed by atoms with E-state index < -0.39 is 0 Å². The Bertz CT molecular complexity index is 470. The molecule has 1 aliphatic rings. The van der Waals surface area contributed by atoms with Gasteiger partial charge in [0.1, 0.15) is 0 Å². The standard InChI is InChI=1S/C14H19N3O2/c1-10(18)11-3-5-12(6-4-11)16-14(19)13-9-17(2)8-7-15-13/h3-6,13,15H,7-9H2,1-2H3,(H,16,19). The van der Waals surface area contributed by atoms with E-state index >= 15 is 0 Å². The van der Waals surface area contributed by atoms with E-state index in [0.29, 0.717) is 17.8 Å². The SMILES string of the molecule is CC(=O)c1ccc(NC(=O)C2CN(C)CCN2)cc1. The number of amides is 1. The summed E-state index contributed by atoms with van der Waals surface area (Å²) >= 11 is 0. The molecule has 102 valence electrons. The van der Waals surface area contributed by atoms with Gasteiger partial charge in [0.25, 0.3) is 0 Å². The van der Waals surface area contributed by atoms with Gasteiger partial charge in [0.15, 0.2) is 5.78 Å². The van der Waals surface area contributed by atoms with Crippen LogP contribution in [0.25, 0.3) is 0 Å².